The van der Waals surface area contributed by atoms with Crippen LogP contribution in [0.2, 0.25) is 0 Å². The highest BCUT2D eigenvalue weighted by molar-refractivity contribution is 5.87. The second-order valence-electron chi connectivity index (χ2n) is 3.68. The van der Waals surface area contributed by atoms with E-state index in [1.807, 2.05) is 12.1 Å². The summed E-state index contributed by atoms with van der Waals surface area (Å²) in [5.74, 6) is -0.291. The third-order valence-corrected chi connectivity index (χ3v) is 2.54. The number of ether oxygens (including phenoxy) is 1. The van der Waals surface area contributed by atoms with Gasteiger partial charge >= 0.3 is 5.97 Å². The first-order valence-corrected chi connectivity index (χ1v) is 5.51. The average Bonchev–Trinajstić information content (AvgIpc) is 2.74. The highest BCUT2D eigenvalue weighted by Gasteiger charge is 2.08. The van der Waals surface area contributed by atoms with Crippen molar-refractivity contribution in [3.05, 3.63) is 35.4 Å². The Kier molecular flexibility index (Phi) is 3.25. The molecule has 0 spiro atoms. The maximum Gasteiger partial charge on any atom is 0.330 e. The maximum absolute atomic E-state index is 11.1. The van der Waals surface area contributed by atoms with Crippen LogP contribution in [0.5, 0.6) is 0 Å². The summed E-state index contributed by atoms with van der Waals surface area (Å²) in [5.41, 5.74) is 3.55. The average molecular weight is 217 g/mol. The molecule has 1 heterocycles. The van der Waals surface area contributed by atoms with E-state index in [0.717, 1.165) is 18.5 Å². The number of nitrogens with one attached hydrogen (secondary N) is 1. The molecular weight excluding hydrogens is 202 g/mol. The summed E-state index contributed by atoms with van der Waals surface area (Å²) in [4.78, 5) is 11.1. The lowest BCUT2D eigenvalue weighted by molar-refractivity contribution is -0.137. The van der Waals surface area contributed by atoms with Crippen molar-refractivity contribution < 1.29 is 9.53 Å². The Hall–Kier alpha value is -1.77. The summed E-state index contributed by atoms with van der Waals surface area (Å²) in [5, 5.41) is 3.30. The van der Waals surface area contributed by atoms with E-state index >= 15 is 0 Å². The smallest absolute Gasteiger partial charge is 0.330 e. The van der Waals surface area contributed by atoms with Crippen LogP contribution in [0, 0.1) is 0 Å². The van der Waals surface area contributed by atoms with Gasteiger partial charge in [0.05, 0.1) is 6.61 Å². The summed E-state index contributed by atoms with van der Waals surface area (Å²) in [6.07, 6.45) is 4.31. The number of carbonyl (C=O) groups excluding carboxylic acids is 1. The van der Waals surface area contributed by atoms with Crippen LogP contribution in [0.15, 0.2) is 24.3 Å². The first kappa shape index (κ1) is 10.7. The molecule has 0 radical (unpaired) electrons. The van der Waals surface area contributed by atoms with Gasteiger partial charge in [-0.05, 0) is 42.7 Å². The molecule has 1 N–H and O–H groups in total. The molecule has 1 aromatic carbocycles. The van der Waals surface area contributed by atoms with E-state index in [4.69, 9.17) is 4.74 Å². The van der Waals surface area contributed by atoms with Crippen molar-refractivity contribution in [3.63, 3.8) is 0 Å². The predicted octanol–water partition coefficient (Wildman–Crippen LogP) is 2.23. The Bertz CT molecular complexity index is 424. The van der Waals surface area contributed by atoms with Crippen LogP contribution in [-0.2, 0) is 16.0 Å². The molecule has 0 atom stereocenters. The number of anilines is 1. The molecule has 0 aromatic heterocycles. The maximum atomic E-state index is 11.1. The summed E-state index contributed by atoms with van der Waals surface area (Å²) < 4.78 is 4.82. The van der Waals surface area contributed by atoms with E-state index in [0.29, 0.717) is 6.61 Å². The summed E-state index contributed by atoms with van der Waals surface area (Å²) in [6, 6.07) is 6.14. The number of hydrogen-bond acceptors (Lipinski definition) is 3. The van der Waals surface area contributed by atoms with Crippen LogP contribution in [0.3, 0.4) is 0 Å². The molecule has 1 aliphatic heterocycles. The molecule has 1 aromatic rings. The zero-order valence-electron chi connectivity index (χ0n) is 9.32. The van der Waals surface area contributed by atoms with Crippen molar-refractivity contribution in [1.29, 1.82) is 0 Å². The number of fused-ring (bicyclic) bond motifs is 1. The molecule has 84 valence electrons. The molecule has 0 saturated heterocycles. The van der Waals surface area contributed by atoms with E-state index in [-0.39, 0.29) is 5.97 Å². The third kappa shape index (κ3) is 2.42. The standard InChI is InChI=1S/C13H15NO2/c1-2-16-13(15)6-4-10-3-5-12-11(9-10)7-8-14-12/h3-6,9,14H,2,7-8H2,1H3/b6-4+. The molecular formula is C13H15NO2. The van der Waals surface area contributed by atoms with Crippen LogP contribution in [0.1, 0.15) is 18.1 Å². The van der Waals surface area contributed by atoms with Gasteiger partial charge in [0.25, 0.3) is 0 Å². The van der Waals surface area contributed by atoms with Crippen LogP contribution < -0.4 is 5.32 Å². The minimum Gasteiger partial charge on any atom is -0.463 e. The van der Waals surface area contributed by atoms with Gasteiger partial charge < -0.3 is 10.1 Å². The van der Waals surface area contributed by atoms with Gasteiger partial charge in [-0.3, -0.25) is 0 Å². The minimum absolute atomic E-state index is 0.291. The van der Waals surface area contributed by atoms with E-state index in [1.54, 1.807) is 13.0 Å². The Labute approximate surface area is 95.1 Å². The lowest BCUT2D eigenvalue weighted by Crippen LogP contribution is -1.98. The van der Waals surface area contributed by atoms with Crippen molar-refractivity contribution in [1.82, 2.24) is 0 Å². The molecule has 3 nitrogen and oxygen atoms in total. The number of rotatable bonds is 3. The summed E-state index contributed by atoms with van der Waals surface area (Å²) >= 11 is 0. The summed E-state index contributed by atoms with van der Waals surface area (Å²) in [7, 11) is 0. The van der Waals surface area contributed by atoms with E-state index < -0.39 is 0 Å². The van der Waals surface area contributed by atoms with Crippen molar-refractivity contribution in [2.24, 2.45) is 0 Å². The van der Waals surface area contributed by atoms with Crippen LogP contribution in [0.4, 0.5) is 5.69 Å². The van der Waals surface area contributed by atoms with Crippen molar-refractivity contribution in [2.45, 2.75) is 13.3 Å². The number of esters is 1. The Morgan fingerprint density at radius 1 is 1.56 bits per heavy atom. The molecule has 0 fully saturated rings. The fourth-order valence-electron chi connectivity index (χ4n) is 1.78. The topological polar surface area (TPSA) is 38.3 Å². The predicted molar refractivity (Wildman–Crippen MR) is 64.3 cm³/mol. The zero-order valence-corrected chi connectivity index (χ0v) is 9.32. The molecule has 0 aliphatic carbocycles. The monoisotopic (exact) mass is 217 g/mol. The normalized spacial score (nSPS) is 13.6. The second-order valence-corrected chi connectivity index (χ2v) is 3.68. The van der Waals surface area contributed by atoms with E-state index in [9.17, 15) is 4.79 Å². The van der Waals surface area contributed by atoms with Crippen molar-refractivity contribution in [2.75, 3.05) is 18.5 Å². The molecule has 1 aliphatic rings. The largest absolute Gasteiger partial charge is 0.463 e. The third-order valence-electron chi connectivity index (χ3n) is 2.54. The fourth-order valence-corrected chi connectivity index (χ4v) is 1.78. The lowest BCUT2D eigenvalue weighted by atomic mass is 10.1. The quantitative estimate of drug-likeness (QED) is 0.623. The molecule has 0 saturated carbocycles. The molecule has 16 heavy (non-hydrogen) atoms. The van der Waals surface area contributed by atoms with Gasteiger partial charge in [0.1, 0.15) is 0 Å². The summed E-state index contributed by atoms with van der Waals surface area (Å²) in [6.45, 7) is 3.21. The SMILES string of the molecule is CCOC(=O)/C=C/c1ccc2c(c1)CCN2. The highest BCUT2D eigenvalue weighted by Crippen LogP contribution is 2.23. The number of benzene rings is 1. The second kappa shape index (κ2) is 4.84. The van der Waals surface area contributed by atoms with Gasteiger partial charge in [0, 0.05) is 18.3 Å². The van der Waals surface area contributed by atoms with Gasteiger partial charge in [-0.2, -0.15) is 0 Å². The molecule has 3 heteroatoms. The van der Waals surface area contributed by atoms with Gasteiger partial charge in [-0.25, -0.2) is 4.79 Å². The van der Waals surface area contributed by atoms with Gasteiger partial charge in [0.15, 0.2) is 0 Å². The van der Waals surface area contributed by atoms with E-state index in [1.165, 1.54) is 17.3 Å². The fraction of sp³-hybridized carbons (Fsp3) is 0.308. The Balaban J connectivity index is 2.08. The first-order valence-electron chi connectivity index (χ1n) is 5.51. The van der Waals surface area contributed by atoms with Crippen molar-refractivity contribution >= 4 is 17.7 Å². The van der Waals surface area contributed by atoms with Gasteiger partial charge in [-0.15, -0.1) is 0 Å². The van der Waals surface area contributed by atoms with Gasteiger partial charge in [-0.1, -0.05) is 6.07 Å². The molecule has 0 amide bonds. The van der Waals surface area contributed by atoms with Crippen molar-refractivity contribution in [3.8, 4) is 0 Å². The Morgan fingerprint density at radius 2 is 2.44 bits per heavy atom. The zero-order chi connectivity index (χ0) is 11.4. The number of carbonyl (C=O) groups is 1. The van der Waals surface area contributed by atoms with E-state index in [2.05, 4.69) is 11.4 Å². The van der Waals surface area contributed by atoms with Crippen LogP contribution in [0.25, 0.3) is 6.08 Å². The van der Waals surface area contributed by atoms with Gasteiger partial charge in [0.2, 0.25) is 0 Å². The number of hydrogen-bond donors (Lipinski definition) is 1. The molecule has 0 bridgehead atoms. The molecule has 0 unspecified atom stereocenters. The van der Waals surface area contributed by atoms with Crippen LogP contribution in [-0.4, -0.2) is 19.1 Å². The minimum atomic E-state index is -0.291. The highest BCUT2D eigenvalue weighted by atomic mass is 16.5. The first-order chi connectivity index (χ1) is 7.79. The molecule has 2 rings (SSSR count). The Morgan fingerprint density at radius 3 is 3.25 bits per heavy atom. The lowest BCUT2D eigenvalue weighted by Gasteiger charge is -2.00. The van der Waals surface area contributed by atoms with Crippen LogP contribution >= 0.6 is 0 Å².